The number of para-hydroxylation sites is 3. The molecular weight excluding hydrogens is 402 g/mol. The molecule has 32 heavy (non-hydrogen) atoms. The average Bonchev–Trinajstić information content (AvgIpc) is 3.28. The van der Waals surface area contributed by atoms with Crippen molar-refractivity contribution >= 4 is 28.6 Å². The largest absolute Gasteiger partial charge is 0.462 e. The third kappa shape index (κ3) is 3.87. The Kier molecular flexibility index (Phi) is 5.42. The number of anilines is 1. The van der Waals surface area contributed by atoms with Gasteiger partial charge in [-0.15, -0.1) is 0 Å². The van der Waals surface area contributed by atoms with Gasteiger partial charge in [0, 0.05) is 17.8 Å². The molecule has 0 atom stereocenters. The first-order chi connectivity index (χ1) is 15.7. The van der Waals surface area contributed by atoms with Gasteiger partial charge in [0.1, 0.15) is 12.4 Å². The second-order valence-electron chi connectivity index (χ2n) is 7.81. The highest BCUT2D eigenvalue weighted by molar-refractivity contribution is 5.98. The number of rotatable bonds is 5. The number of aryl methyl sites for hydroxylation is 1. The van der Waals surface area contributed by atoms with Crippen LogP contribution in [-0.4, -0.2) is 35.0 Å². The van der Waals surface area contributed by atoms with Crippen LogP contribution in [0.4, 0.5) is 5.69 Å². The zero-order valence-electron chi connectivity index (χ0n) is 17.6. The Hall–Kier alpha value is -3.93. The number of nitrogens with one attached hydrogen (secondary N) is 1. The molecule has 4 aromatic rings. The highest BCUT2D eigenvalue weighted by Gasteiger charge is 2.23. The molecule has 0 radical (unpaired) electrons. The van der Waals surface area contributed by atoms with E-state index in [1.165, 1.54) is 5.56 Å². The Bertz CT molecular complexity index is 1260. The summed E-state index contributed by atoms with van der Waals surface area (Å²) >= 11 is 0. The topological polar surface area (TPSA) is 75.3 Å². The van der Waals surface area contributed by atoms with Gasteiger partial charge in [-0.1, -0.05) is 48.5 Å². The van der Waals surface area contributed by atoms with Gasteiger partial charge in [0.25, 0.3) is 0 Å². The second-order valence-corrected chi connectivity index (χ2v) is 7.81. The maximum Gasteiger partial charge on any atom is 0.338 e. The number of benzene rings is 3. The van der Waals surface area contributed by atoms with Gasteiger partial charge in [0.05, 0.1) is 23.0 Å². The summed E-state index contributed by atoms with van der Waals surface area (Å²) in [5.74, 6) is 0.114. The van der Waals surface area contributed by atoms with E-state index in [2.05, 4.69) is 16.0 Å². The molecule has 160 valence electrons. The molecule has 0 saturated heterocycles. The van der Waals surface area contributed by atoms with Crippen LogP contribution in [0.1, 0.15) is 28.8 Å². The summed E-state index contributed by atoms with van der Waals surface area (Å²) in [6.45, 7) is 0.726. The van der Waals surface area contributed by atoms with Crippen molar-refractivity contribution in [3.8, 4) is 11.4 Å². The number of H-pyrrole nitrogens is 1. The zero-order valence-corrected chi connectivity index (χ0v) is 17.6. The molecule has 1 aliphatic rings. The Morgan fingerprint density at radius 2 is 1.75 bits per heavy atom. The number of carbonyl (C=O) groups excluding carboxylic acids is 2. The van der Waals surface area contributed by atoms with Gasteiger partial charge in [-0.05, 0) is 42.7 Å². The Morgan fingerprint density at radius 1 is 0.969 bits per heavy atom. The molecule has 0 bridgehead atoms. The third-order valence-electron chi connectivity index (χ3n) is 5.75. The van der Waals surface area contributed by atoms with E-state index in [1.54, 1.807) is 17.0 Å². The summed E-state index contributed by atoms with van der Waals surface area (Å²) in [6.07, 6.45) is 2.06. The van der Waals surface area contributed by atoms with Gasteiger partial charge in [0.2, 0.25) is 5.91 Å². The van der Waals surface area contributed by atoms with Crippen LogP contribution < -0.4 is 4.90 Å². The van der Waals surface area contributed by atoms with Crippen LogP contribution in [0.25, 0.3) is 22.4 Å². The van der Waals surface area contributed by atoms with Crippen LogP contribution in [-0.2, 0) is 16.0 Å². The molecule has 0 aliphatic carbocycles. The van der Waals surface area contributed by atoms with E-state index < -0.39 is 5.97 Å². The third-order valence-corrected chi connectivity index (χ3v) is 5.75. The minimum atomic E-state index is -0.465. The fourth-order valence-electron chi connectivity index (χ4n) is 4.18. The van der Waals surface area contributed by atoms with E-state index in [1.807, 2.05) is 54.6 Å². The van der Waals surface area contributed by atoms with Crippen molar-refractivity contribution in [1.82, 2.24) is 9.97 Å². The van der Waals surface area contributed by atoms with Crippen molar-refractivity contribution < 1.29 is 14.3 Å². The lowest BCUT2D eigenvalue weighted by atomic mass is 10.0. The smallest absolute Gasteiger partial charge is 0.338 e. The Balaban J connectivity index is 1.27. The van der Waals surface area contributed by atoms with Crippen molar-refractivity contribution in [2.75, 3.05) is 18.1 Å². The second kappa shape index (κ2) is 8.67. The van der Waals surface area contributed by atoms with Crippen LogP contribution in [0.3, 0.4) is 0 Å². The van der Waals surface area contributed by atoms with Crippen molar-refractivity contribution in [3.63, 3.8) is 0 Å². The van der Waals surface area contributed by atoms with Gasteiger partial charge in [-0.25, -0.2) is 9.78 Å². The lowest BCUT2D eigenvalue weighted by molar-refractivity contribution is -0.119. The van der Waals surface area contributed by atoms with Gasteiger partial charge in [0.15, 0.2) is 0 Å². The fraction of sp³-hybridized carbons (Fsp3) is 0.192. The van der Waals surface area contributed by atoms with Crippen molar-refractivity contribution in [3.05, 3.63) is 83.9 Å². The van der Waals surface area contributed by atoms with E-state index in [-0.39, 0.29) is 18.9 Å². The molecule has 5 rings (SSSR count). The molecule has 1 N–H and O–H groups in total. The molecule has 1 amide bonds. The summed E-state index contributed by atoms with van der Waals surface area (Å²) in [5, 5.41) is 0. The van der Waals surface area contributed by atoms with Crippen LogP contribution in [0.15, 0.2) is 72.8 Å². The number of ether oxygens (including phenoxy) is 1. The Morgan fingerprint density at radius 3 is 2.66 bits per heavy atom. The number of imidazole rings is 1. The molecule has 1 aromatic heterocycles. The molecule has 2 heterocycles. The van der Waals surface area contributed by atoms with Crippen molar-refractivity contribution in [2.45, 2.75) is 19.3 Å². The average molecular weight is 425 g/mol. The summed E-state index contributed by atoms with van der Waals surface area (Å²) in [4.78, 5) is 35.3. The van der Waals surface area contributed by atoms with Crippen molar-refractivity contribution in [2.24, 2.45) is 0 Å². The molecule has 0 unspecified atom stereocenters. The Labute approximate surface area is 185 Å². The van der Waals surface area contributed by atoms with E-state index in [9.17, 15) is 9.59 Å². The predicted octanol–water partition coefficient (Wildman–Crippen LogP) is 4.76. The van der Waals surface area contributed by atoms with Crippen LogP contribution >= 0.6 is 0 Å². The number of carbonyl (C=O) groups is 2. The van der Waals surface area contributed by atoms with Gasteiger partial charge < -0.3 is 14.6 Å². The van der Waals surface area contributed by atoms with E-state index in [0.717, 1.165) is 29.6 Å². The number of amides is 1. The lowest BCUT2D eigenvalue weighted by Gasteiger charge is -2.29. The number of hydrogen-bond acceptors (Lipinski definition) is 4. The maximum atomic E-state index is 12.8. The van der Waals surface area contributed by atoms with Gasteiger partial charge in [-0.2, -0.15) is 0 Å². The minimum Gasteiger partial charge on any atom is -0.462 e. The first-order valence-corrected chi connectivity index (χ1v) is 10.8. The minimum absolute atomic E-state index is 0.0319. The maximum absolute atomic E-state index is 12.8. The van der Waals surface area contributed by atoms with Gasteiger partial charge in [-0.3, -0.25) is 4.79 Å². The number of fused-ring (bicyclic) bond motifs is 2. The molecule has 6 heteroatoms. The summed E-state index contributed by atoms with van der Waals surface area (Å²) in [6, 6.07) is 22.9. The summed E-state index contributed by atoms with van der Waals surface area (Å²) < 4.78 is 5.49. The number of aromatic amines is 1. The highest BCUT2D eigenvalue weighted by atomic mass is 16.5. The van der Waals surface area contributed by atoms with Gasteiger partial charge >= 0.3 is 5.97 Å². The molecule has 6 nitrogen and oxygen atoms in total. The molecule has 0 fully saturated rings. The highest BCUT2D eigenvalue weighted by Crippen LogP contribution is 2.27. The molecule has 0 spiro atoms. The molecule has 1 aliphatic heterocycles. The normalized spacial score (nSPS) is 13.1. The predicted molar refractivity (Wildman–Crippen MR) is 124 cm³/mol. The molecule has 0 saturated carbocycles. The zero-order chi connectivity index (χ0) is 21.9. The summed E-state index contributed by atoms with van der Waals surface area (Å²) in [5.41, 5.74) is 4.97. The number of esters is 1. The molecule has 3 aromatic carbocycles. The number of nitrogens with zero attached hydrogens (tertiary/aromatic N) is 2. The van der Waals surface area contributed by atoms with E-state index >= 15 is 0 Å². The number of hydrogen-bond donors (Lipinski definition) is 1. The monoisotopic (exact) mass is 425 g/mol. The molecular formula is C26H23N3O3. The van der Waals surface area contributed by atoms with Crippen LogP contribution in [0, 0.1) is 0 Å². The first-order valence-electron chi connectivity index (χ1n) is 10.8. The fourth-order valence-corrected chi connectivity index (χ4v) is 4.18. The SMILES string of the molecule is O=C(OCCC(=O)N1CCCc2ccccc21)c1ccccc1-c1nc2ccccc2[nH]1. The van der Waals surface area contributed by atoms with Crippen molar-refractivity contribution in [1.29, 1.82) is 0 Å². The van der Waals surface area contributed by atoms with Crippen LogP contribution in [0.5, 0.6) is 0 Å². The quantitative estimate of drug-likeness (QED) is 0.468. The van der Waals surface area contributed by atoms with E-state index in [0.29, 0.717) is 23.5 Å². The van der Waals surface area contributed by atoms with E-state index in [4.69, 9.17) is 4.74 Å². The first kappa shape index (κ1) is 20.0. The lowest BCUT2D eigenvalue weighted by Crippen LogP contribution is -2.36. The summed E-state index contributed by atoms with van der Waals surface area (Å²) in [7, 11) is 0. The van der Waals surface area contributed by atoms with Crippen LogP contribution in [0.2, 0.25) is 0 Å². The number of aromatic nitrogens is 2. The standard InChI is InChI=1S/C26H23N3O3/c30-24(29-16-7-9-18-8-1-6-14-23(18)29)15-17-32-26(31)20-11-3-2-10-19(20)25-27-21-12-4-5-13-22(21)28-25/h1-6,8,10-14H,7,9,15-17H2,(H,27,28).